The lowest BCUT2D eigenvalue weighted by molar-refractivity contribution is -0.131. The van der Waals surface area contributed by atoms with Crippen molar-refractivity contribution in [2.75, 3.05) is 6.54 Å². The number of hydrogen-bond acceptors (Lipinski definition) is 3. The highest BCUT2D eigenvalue weighted by Gasteiger charge is 2.21. The summed E-state index contributed by atoms with van der Waals surface area (Å²) in [5, 5.41) is 11.5. The minimum Gasteiger partial charge on any atom is -0.478 e. The van der Waals surface area contributed by atoms with Crippen LogP contribution in [-0.2, 0) is 4.79 Å². The molecule has 2 N–H and O–H groups in total. The van der Waals surface area contributed by atoms with E-state index in [0.717, 1.165) is 35.4 Å². The number of rotatable bonds is 6. The van der Waals surface area contributed by atoms with Crippen molar-refractivity contribution in [1.82, 2.24) is 5.32 Å². The van der Waals surface area contributed by atoms with Crippen molar-refractivity contribution in [2.45, 2.75) is 26.2 Å². The van der Waals surface area contributed by atoms with Crippen LogP contribution in [-0.4, -0.2) is 23.5 Å². The Bertz CT molecular complexity index is 515. The predicted molar refractivity (Wildman–Crippen MR) is 75.4 cm³/mol. The van der Waals surface area contributed by atoms with E-state index in [1.165, 1.54) is 30.3 Å². The van der Waals surface area contributed by atoms with E-state index in [0.29, 0.717) is 4.88 Å². The maximum Gasteiger partial charge on any atom is 0.328 e. The third kappa shape index (κ3) is 4.21. The van der Waals surface area contributed by atoms with Crippen molar-refractivity contribution in [1.29, 1.82) is 0 Å². The van der Waals surface area contributed by atoms with Crippen LogP contribution in [0.5, 0.6) is 0 Å². The Hall–Kier alpha value is -1.62. The van der Waals surface area contributed by atoms with Gasteiger partial charge in [0.1, 0.15) is 0 Å². The van der Waals surface area contributed by atoms with E-state index in [2.05, 4.69) is 5.32 Å². The van der Waals surface area contributed by atoms with Crippen LogP contribution in [0.2, 0.25) is 0 Å². The molecule has 4 nitrogen and oxygen atoms in total. The molecule has 102 valence electrons. The number of amides is 1. The van der Waals surface area contributed by atoms with Gasteiger partial charge < -0.3 is 10.4 Å². The van der Waals surface area contributed by atoms with Crippen LogP contribution >= 0.6 is 11.3 Å². The number of hydrogen-bond donors (Lipinski definition) is 2. The van der Waals surface area contributed by atoms with E-state index in [4.69, 9.17) is 5.11 Å². The van der Waals surface area contributed by atoms with E-state index in [9.17, 15) is 9.59 Å². The van der Waals surface area contributed by atoms with E-state index in [1.807, 2.05) is 6.92 Å². The van der Waals surface area contributed by atoms with Gasteiger partial charge in [-0.15, -0.1) is 11.3 Å². The molecule has 1 aliphatic rings. The van der Waals surface area contributed by atoms with Crippen LogP contribution in [0.3, 0.4) is 0 Å². The molecule has 0 aliphatic heterocycles. The standard InChI is InChI=1S/C14H17NO3S/c1-9-8-12(19-11(9)4-5-13(16)17)14(18)15-7-6-10-2-3-10/h4-5,8,10H,2-3,6-7H2,1H3,(H,15,18)(H,16,17). The first-order valence-corrected chi connectivity index (χ1v) is 7.17. The number of thiophene rings is 1. The van der Waals surface area contributed by atoms with Crippen molar-refractivity contribution in [3.63, 3.8) is 0 Å². The van der Waals surface area contributed by atoms with Gasteiger partial charge in [0.2, 0.25) is 0 Å². The summed E-state index contributed by atoms with van der Waals surface area (Å²) in [4.78, 5) is 23.8. The minimum atomic E-state index is -0.983. The third-order valence-corrected chi connectivity index (χ3v) is 4.29. The molecule has 0 aromatic carbocycles. The summed E-state index contributed by atoms with van der Waals surface area (Å²) < 4.78 is 0. The summed E-state index contributed by atoms with van der Waals surface area (Å²) in [5.74, 6) is -0.244. The zero-order chi connectivity index (χ0) is 13.8. The van der Waals surface area contributed by atoms with Gasteiger partial charge in [-0.3, -0.25) is 4.79 Å². The highest BCUT2D eigenvalue weighted by atomic mass is 32.1. The molecule has 0 bridgehead atoms. The van der Waals surface area contributed by atoms with Crippen molar-refractivity contribution < 1.29 is 14.7 Å². The second-order valence-electron chi connectivity index (χ2n) is 4.82. The first-order chi connectivity index (χ1) is 9.06. The van der Waals surface area contributed by atoms with Crippen LogP contribution < -0.4 is 5.32 Å². The van der Waals surface area contributed by atoms with Gasteiger partial charge in [-0.2, -0.15) is 0 Å². The van der Waals surface area contributed by atoms with Crippen LogP contribution in [0.25, 0.3) is 6.08 Å². The van der Waals surface area contributed by atoms with Gasteiger partial charge in [0.15, 0.2) is 0 Å². The van der Waals surface area contributed by atoms with Gasteiger partial charge in [0.05, 0.1) is 4.88 Å². The van der Waals surface area contributed by atoms with Gasteiger partial charge in [-0.05, 0) is 37.0 Å². The lowest BCUT2D eigenvalue weighted by Gasteiger charge is -2.01. The molecule has 19 heavy (non-hydrogen) atoms. The Balaban J connectivity index is 1.93. The molecule has 1 fully saturated rings. The fourth-order valence-corrected chi connectivity index (χ4v) is 2.80. The van der Waals surface area contributed by atoms with E-state index >= 15 is 0 Å². The lowest BCUT2D eigenvalue weighted by Crippen LogP contribution is -2.23. The molecule has 0 unspecified atom stereocenters. The summed E-state index contributed by atoms with van der Waals surface area (Å²) in [6, 6.07) is 1.80. The second kappa shape index (κ2) is 6.02. The number of carboxylic acid groups (broad SMARTS) is 1. The maximum absolute atomic E-state index is 11.9. The first kappa shape index (κ1) is 13.8. The van der Waals surface area contributed by atoms with Crippen molar-refractivity contribution in [3.8, 4) is 0 Å². The Labute approximate surface area is 116 Å². The molecule has 5 heteroatoms. The average Bonchev–Trinajstić information content (AvgIpc) is 3.09. The normalized spacial score (nSPS) is 14.8. The van der Waals surface area contributed by atoms with E-state index in [-0.39, 0.29) is 5.91 Å². The molecule has 0 spiro atoms. The number of carboxylic acids is 1. The second-order valence-corrected chi connectivity index (χ2v) is 5.90. The predicted octanol–water partition coefficient (Wildman–Crippen LogP) is 2.68. The summed E-state index contributed by atoms with van der Waals surface area (Å²) in [5.41, 5.74) is 0.926. The van der Waals surface area contributed by atoms with Crippen molar-refractivity contribution in [3.05, 3.63) is 27.5 Å². The minimum absolute atomic E-state index is 0.0660. The van der Waals surface area contributed by atoms with Gasteiger partial charge in [0, 0.05) is 17.5 Å². The molecule has 1 aliphatic carbocycles. The average molecular weight is 279 g/mol. The van der Waals surface area contributed by atoms with E-state index < -0.39 is 5.97 Å². The number of aryl methyl sites for hydroxylation is 1. The Morgan fingerprint density at radius 1 is 1.53 bits per heavy atom. The molecular weight excluding hydrogens is 262 g/mol. The topological polar surface area (TPSA) is 66.4 Å². The molecule has 0 radical (unpaired) electrons. The number of nitrogens with one attached hydrogen (secondary N) is 1. The molecule has 1 saturated carbocycles. The van der Waals surface area contributed by atoms with E-state index in [1.54, 1.807) is 6.07 Å². The summed E-state index contributed by atoms with van der Waals surface area (Å²) >= 11 is 1.32. The molecule has 1 amide bonds. The maximum atomic E-state index is 11.9. The highest BCUT2D eigenvalue weighted by Crippen LogP contribution is 2.31. The fourth-order valence-electron chi connectivity index (χ4n) is 1.80. The van der Waals surface area contributed by atoms with Gasteiger partial charge in [-0.1, -0.05) is 12.8 Å². The zero-order valence-corrected chi connectivity index (χ0v) is 11.6. The van der Waals surface area contributed by atoms with Crippen LogP contribution in [0, 0.1) is 12.8 Å². The third-order valence-electron chi connectivity index (χ3n) is 3.09. The monoisotopic (exact) mass is 279 g/mol. The summed E-state index contributed by atoms with van der Waals surface area (Å²) in [6.07, 6.45) is 6.26. The highest BCUT2D eigenvalue weighted by molar-refractivity contribution is 7.15. The van der Waals surface area contributed by atoms with Gasteiger partial charge >= 0.3 is 5.97 Å². The number of carbonyl (C=O) groups excluding carboxylic acids is 1. The van der Waals surface area contributed by atoms with Crippen molar-refractivity contribution >= 4 is 29.3 Å². The SMILES string of the molecule is Cc1cc(C(=O)NCCC2CC2)sc1C=CC(=O)O. The largest absolute Gasteiger partial charge is 0.478 e. The molecule has 1 aromatic heterocycles. The molecule has 2 rings (SSSR count). The van der Waals surface area contributed by atoms with Crippen LogP contribution in [0.4, 0.5) is 0 Å². The Morgan fingerprint density at radius 2 is 2.26 bits per heavy atom. The Morgan fingerprint density at radius 3 is 2.89 bits per heavy atom. The van der Waals surface area contributed by atoms with Crippen molar-refractivity contribution in [2.24, 2.45) is 5.92 Å². The molecule has 1 aromatic rings. The van der Waals surface area contributed by atoms with Gasteiger partial charge in [0.25, 0.3) is 5.91 Å². The molecule has 0 saturated heterocycles. The van der Waals surface area contributed by atoms with Gasteiger partial charge in [-0.25, -0.2) is 4.79 Å². The molecule has 1 heterocycles. The number of carbonyl (C=O) groups is 2. The first-order valence-electron chi connectivity index (χ1n) is 6.36. The molecular formula is C14H17NO3S. The summed E-state index contributed by atoms with van der Waals surface area (Å²) in [6.45, 7) is 2.60. The fraction of sp³-hybridized carbons (Fsp3) is 0.429. The number of aliphatic carboxylic acids is 1. The van der Waals surface area contributed by atoms with Crippen LogP contribution in [0.1, 0.15) is 39.4 Å². The lowest BCUT2D eigenvalue weighted by atomic mass is 10.2. The Kier molecular flexibility index (Phi) is 4.37. The zero-order valence-electron chi connectivity index (χ0n) is 10.8. The van der Waals surface area contributed by atoms with Crippen LogP contribution in [0.15, 0.2) is 12.1 Å². The smallest absolute Gasteiger partial charge is 0.328 e. The molecule has 0 atom stereocenters. The summed E-state index contributed by atoms with van der Waals surface area (Å²) in [7, 11) is 0. The quantitative estimate of drug-likeness (QED) is 0.787.